The summed E-state index contributed by atoms with van der Waals surface area (Å²) in [5.74, 6) is 0. The molecule has 0 unspecified atom stereocenters. The van der Waals surface area contributed by atoms with Crippen molar-refractivity contribution in [3.63, 3.8) is 0 Å². The van der Waals surface area contributed by atoms with E-state index in [1.165, 1.54) is 10.8 Å². The molecule has 3 aromatic carbocycles. The largest absolute Gasteiger partial charge is 0.329 e. The minimum Gasteiger partial charge on any atom is -0.329 e. The summed E-state index contributed by atoms with van der Waals surface area (Å²) in [6.45, 7) is 0. The lowest BCUT2D eigenvalue weighted by atomic mass is 10.1. The highest BCUT2D eigenvalue weighted by Crippen LogP contribution is 2.11. The third kappa shape index (κ3) is 3.96. The maximum absolute atomic E-state index is 9.86. The van der Waals surface area contributed by atoms with Crippen molar-refractivity contribution in [1.82, 2.24) is 0 Å². The number of anilines is 1. The van der Waals surface area contributed by atoms with E-state index in [9.17, 15) is 4.79 Å². The number of nitrogens with one attached hydrogen (secondary N) is 1. The monoisotopic (exact) mass is 249 g/mol. The summed E-state index contributed by atoms with van der Waals surface area (Å²) in [5, 5.41) is 5.15. The van der Waals surface area contributed by atoms with Gasteiger partial charge in [-0.15, -0.1) is 0 Å². The van der Waals surface area contributed by atoms with Crippen LogP contribution in [0.5, 0.6) is 0 Å². The van der Waals surface area contributed by atoms with Crippen molar-refractivity contribution in [2.75, 3.05) is 5.32 Å². The molecule has 19 heavy (non-hydrogen) atoms. The maximum Gasteiger partial charge on any atom is 0.211 e. The van der Waals surface area contributed by atoms with E-state index in [-0.39, 0.29) is 0 Å². The Bertz CT molecular complexity index is 569. The average Bonchev–Trinajstić information content (AvgIpc) is 2.50. The lowest BCUT2D eigenvalue weighted by molar-refractivity contribution is -0.105. The molecule has 1 amide bonds. The normalized spacial score (nSPS) is 9.26. The van der Waals surface area contributed by atoms with Crippen molar-refractivity contribution >= 4 is 22.9 Å². The predicted octanol–water partition coefficient (Wildman–Crippen LogP) is 4.09. The molecule has 0 saturated heterocycles. The fourth-order valence-corrected chi connectivity index (χ4v) is 1.74. The lowest BCUT2D eigenvalue weighted by Crippen LogP contribution is -1.91. The van der Waals surface area contributed by atoms with E-state index in [0.717, 1.165) is 5.69 Å². The van der Waals surface area contributed by atoms with Crippen LogP contribution in [-0.2, 0) is 4.79 Å². The van der Waals surface area contributed by atoms with Gasteiger partial charge >= 0.3 is 0 Å². The zero-order valence-electron chi connectivity index (χ0n) is 10.5. The van der Waals surface area contributed by atoms with Gasteiger partial charge in [0.1, 0.15) is 0 Å². The van der Waals surface area contributed by atoms with Crippen LogP contribution in [0.4, 0.5) is 5.69 Å². The van der Waals surface area contributed by atoms with Gasteiger partial charge in [-0.25, -0.2) is 0 Å². The van der Waals surface area contributed by atoms with Crippen molar-refractivity contribution in [3.05, 3.63) is 78.9 Å². The van der Waals surface area contributed by atoms with Gasteiger partial charge in [0.25, 0.3) is 0 Å². The lowest BCUT2D eigenvalue weighted by Gasteiger charge is -1.93. The number of amides is 1. The van der Waals surface area contributed by atoms with Crippen molar-refractivity contribution in [2.45, 2.75) is 0 Å². The molecule has 0 aliphatic carbocycles. The van der Waals surface area contributed by atoms with Crippen LogP contribution in [0.2, 0.25) is 0 Å². The van der Waals surface area contributed by atoms with Crippen LogP contribution in [0.15, 0.2) is 78.9 Å². The molecule has 1 N–H and O–H groups in total. The van der Waals surface area contributed by atoms with E-state index in [1.807, 2.05) is 30.3 Å². The SMILES string of the molecule is O=CNc1ccccc1.c1ccc2ccccc2c1. The van der Waals surface area contributed by atoms with Crippen LogP contribution in [0, 0.1) is 0 Å². The Kier molecular flexibility index (Phi) is 4.71. The molecule has 0 radical (unpaired) electrons. The van der Waals surface area contributed by atoms with E-state index in [0.29, 0.717) is 6.41 Å². The third-order valence-corrected chi connectivity index (χ3v) is 2.66. The van der Waals surface area contributed by atoms with Crippen molar-refractivity contribution in [3.8, 4) is 0 Å². The topological polar surface area (TPSA) is 29.1 Å². The molecule has 3 aromatic rings. The van der Waals surface area contributed by atoms with Gasteiger partial charge in [-0.05, 0) is 22.9 Å². The van der Waals surface area contributed by atoms with E-state index in [4.69, 9.17) is 0 Å². The van der Waals surface area contributed by atoms with Gasteiger partial charge in [-0.2, -0.15) is 0 Å². The van der Waals surface area contributed by atoms with Crippen LogP contribution in [0.1, 0.15) is 0 Å². The van der Waals surface area contributed by atoms with E-state index in [1.54, 1.807) is 0 Å². The molecule has 2 nitrogen and oxygen atoms in total. The summed E-state index contributed by atoms with van der Waals surface area (Å²) in [5.41, 5.74) is 0.826. The van der Waals surface area contributed by atoms with Gasteiger partial charge in [-0.1, -0.05) is 66.7 Å². The van der Waals surface area contributed by atoms with Crippen LogP contribution >= 0.6 is 0 Å². The van der Waals surface area contributed by atoms with Gasteiger partial charge in [0.2, 0.25) is 6.41 Å². The molecule has 0 heterocycles. The molecule has 0 aliphatic rings. The minimum absolute atomic E-state index is 0.662. The van der Waals surface area contributed by atoms with Gasteiger partial charge in [-0.3, -0.25) is 4.79 Å². The molecular weight excluding hydrogens is 234 g/mol. The standard InChI is InChI=1S/C10H8.C7H7NO/c1-2-6-10-8-4-3-7-9(10)5-1;9-6-8-7-4-2-1-3-5-7/h1-8H;1-6H,(H,8,9). The second-order valence-electron chi connectivity index (χ2n) is 3.98. The molecular formula is C17H15NO. The molecule has 3 rings (SSSR count). The zero-order chi connectivity index (χ0) is 13.3. The predicted molar refractivity (Wildman–Crippen MR) is 80.1 cm³/mol. The maximum atomic E-state index is 9.86. The van der Waals surface area contributed by atoms with Gasteiger partial charge < -0.3 is 5.32 Å². The van der Waals surface area contributed by atoms with Crippen molar-refractivity contribution < 1.29 is 4.79 Å². The summed E-state index contributed by atoms with van der Waals surface area (Å²) >= 11 is 0. The highest BCUT2D eigenvalue weighted by Gasteiger charge is 1.85. The Hall–Kier alpha value is -2.61. The van der Waals surface area contributed by atoms with Gasteiger partial charge in [0, 0.05) is 5.69 Å². The highest BCUT2D eigenvalue weighted by atomic mass is 16.1. The van der Waals surface area contributed by atoms with Crippen LogP contribution < -0.4 is 5.32 Å². The zero-order valence-corrected chi connectivity index (χ0v) is 10.5. The molecule has 0 aromatic heterocycles. The summed E-state index contributed by atoms with van der Waals surface area (Å²) < 4.78 is 0. The molecule has 0 saturated carbocycles. The summed E-state index contributed by atoms with van der Waals surface area (Å²) in [6, 6.07) is 26.0. The number of rotatable bonds is 2. The van der Waals surface area contributed by atoms with E-state index < -0.39 is 0 Å². The molecule has 2 heteroatoms. The van der Waals surface area contributed by atoms with E-state index >= 15 is 0 Å². The number of hydrogen-bond donors (Lipinski definition) is 1. The fourth-order valence-electron chi connectivity index (χ4n) is 1.74. The minimum atomic E-state index is 0.662. The van der Waals surface area contributed by atoms with E-state index in [2.05, 4.69) is 53.8 Å². The van der Waals surface area contributed by atoms with Crippen LogP contribution in [0.3, 0.4) is 0 Å². The Balaban J connectivity index is 0.000000141. The van der Waals surface area contributed by atoms with Crippen molar-refractivity contribution in [2.24, 2.45) is 0 Å². The summed E-state index contributed by atoms with van der Waals surface area (Å²) in [4.78, 5) is 9.86. The van der Waals surface area contributed by atoms with Crippen LogP contribution in [0.25, 0.3) is 10.8 Å². The second-order valence-corrected chi connectivity index (χ2v) is 3.98. The first-order valence-corrected chi connectivity index (χ1v) is 6.09. The average molecular weight is 249 g/mol. The van der Waals surface area contributed by atoms with Gasteiger partial charge in [0.05, 0.1) is 0 Å². The number of para-hydroxylation sites is 1. The Morgan fingerprint density at radius 3 is 1.47 bits per heavy atom. The first-order valence-electron chi connectivity index (χ1n) is 6.09. The summed E-state index contributed by atoms with van der Waals surface area (Å²) in [7, 11) is 0. The molecule has 0 aliphatic heterocycles. The second kappa shape index (κ2) is 6.97. The number of hydrogen-bond acceptors (Lipinski definition) is 1. The summed E-state index contributed by atoms with van der Waals surface area (Å²) in [6.07, 6.45) is 0.662. The Labute approximate surface area is 112 Å². The van der Waals surface area contributed by atoms with Crippen molar-refractivity contribution in [1.29, 1.82) is 0 Å². The molecule has 0 fully saturated rings. The first kappa shape index (κ1) is 12.8. The quantitative estimate of drug-likeness (QED) is 0.681. The molecule has 94 valence electrons. The third-order valence-electron chi connectivity index (χ3n) is 2.66. The number of carbonyl (C=O) groups is 1. The Morgan fingerprint density at radius 2 is 1.05 bits per heavy atom. The number of benzene rings is 3. The van der Waals surface area contributed by atoms with Crippen LogP contribution in [-0.4, -0.2) is 6.41 Å². The number of carbonyl (C=O) groups excluding carboxylic acids is 1. The van der Waals surface area contributed by atoms with Gasteiger partial charge in [0.15, 0.2) is 0 Å². The number of fused-ring (bicyclic) bond motifs is 1. The highest BCUT2D eigenvalue weighted by molar-refractivity contribution is 5.82. The first-order chi connectivity index (χ1) is 9.40. The molecule has 0 spiro atoms. The Morgan fingerprint density at radius 1 is 0.632 bits per heavy atom. The smallest absolute Gasteiger partial charge is 0.211 e. The molecule has 0 atom stereocenters. The molecule has 0 bridgehead atoms. The fraction of sp³-hybridized carbons (Fsp3) is 0.